The summed E-state index contributed by atoms with van der Waals surface area (Å²) in [5.41, 5.74) is 0.939. The van der Waals surface area contributed by atoms with Gasteiger partial charge < -0.3 is 15.3 Å². The van der Waals surface area contributed by atoms with E-state index in [0.717, 1.165) is 0 Å². The molecule has 0 unspecified atom stereocenters. The summed E-state index contributed by atoms with van der Waals surface area (Å²) in [7, 11) is 0. The predicted molar refractivity (Wildman–Crippen MR) is 92.7 cm³/mol. The average Bonchev–Trinajstić information content (AvgIpc) is 2.62. The van der Waals surface area contributed by atoms with E-state index in [-0.39, 0.29) is 11.3 Å². The van der Waals surface area contributed by atoms with Gasteiger partial charge in [0.25, 0.3) is 0 Å². The van der Waals surface area contributed by atoms with Gasteiger partial charge in [0.2, 0.25) is 0 Å². The normalized spacial score (nSPS) is 14.9. The first-order valence-electron chi connectivity index (χ1n) is 8.28. The Labute approximate surface area is 149 Å². The quantitative estimate of drug-likeness (QED) is 0.870. The number of piperidine rings is 1. The number of carboxylic acids is 1. The summed E-state index contributed by atoms with van der Waals surface area (Å²) >= 11 is 0. The van der Waals surface area contributed by atoms with E-state index in [0.29, 0.717) is 31.5 Å². The summed E-state index contributed by atoms with van der Waals surface area (Å²) in [5, 5.41) is 11.6. The molecule has 1 saturated heterocycles. The number of aliphatic carboxylic acids is 1. The zero-order chi connectivity index (χ0) is 18.7. The van der Waals surface area contributed by atoms with Crippen LogP contribution in [0, 0.1) is 17.6 Å². The number of nitrogens with one attached hydrogen (secondary N) is 1. The number of rotatable bonds is 3. The number of halogens is 2. The smallest absolute Gasteiger partial charge is 0.321 e. The highest BCUT2D eigenvalue weighted by molar-refractivity contribution is 5.90. The first-order valence-corrected chi connectivity index (χ1v) is 8.28. The van der Waals surface area contributed by atoms with Crippen molar-refractivity contribution >= 4 is 17.7 Å². The minimum Gasteiger partial charge on any atom is -0.481 e. The summed E-state index contributed by atoms with van der Waals surface area (Å²) in [6.45, 7) is 0.680. The molecule has 0 aromatic heterocycles. The third-order valence-electron chi connectivity index (χ3n) is 4.49. The second-order valence-electron chi connectivity index (χ2n) is 6.23. The van der Waals surface area contributed by atoms with E-state index in [1.807, 2.05) is 0 Å². The monoisotopic (exact) mass is 360 g/mol. The number of hydrogen-bond acceptors (Lipinski definition) is 2. The second kappa shape index (κ2) is 7.51. The fourth-order valence-electron chi connectivity index (χ4n) is 3.02. The second-order valence-corrected chi connectivity index (χ2v) is 6.23. The van der Waals surface area contributed by atoms with Crippen molar-refractivity contribution in [3.05, 3.63) is 54.1 Å². The molecule has 1 aliphatic heterocycles. The molecular formula is C19H18F2N2O3. The maximum absolute atomic E-state index is 14.3. The Hall–Kier alpha value is -2.96. The van der Waals surface area contributed by atoms with Crippen molar-refractivity contribution in [2.45, 2.75) is 12.8 Å². The SMILES string of the molecule is O=C(O)C1CCN(C(=O)Nc2ccc(-c3cccc(F)c3)c(F)c2)CC1. The predicted octanol–water partition coefficient (Wildman–Crippen LogP) is 3.96. The van der Waals surface area contributed by atoms with E-state index in [1.165, 1.54) is 35.2 Å². The van der Waals surface area contributed by atoms with Gasteiger partial charge in [0.15, 0.2) is 0 Å². The van der Waals surface area contributed by atoms with Gasteiger partial charge in [0.05, 0.1) is 5.92 Å². The number of benzene rings is 2. The van der Waals surface area contributed by atoms with Crippen LogP contribution in [0.2, 0.25) is 0 Å². The third kappa shape index (κ3) is 3.99. The fourth-order valence-corrected chi connectivity index (χ4v) is 3.02. The lowest BCUT2D eigenvalue weighted by Gasteiger charge is -2.30. The van der Waals surface area contributed by atoms with Crippen molar-refractivity contribution in [1.29, 1.82) is 0 Å². The van der Waals surface area contributed by atoms with Crippen LogP contribution >= 0.6 is 0 Å². The molecule has 0 saturated carbocycles. The number of urea groups is 1. The molecule has 136 valence electrons. The molecular weight excluding hydrogens is 342 g/mol. The minimum atomic E-state index is -0.847. The zero-order valence-electron chi connectivity index (χ0n) is 13.9. The highest BCUT2D eigenvalue weighted by Crippen LogP contribution is 2.26. The molecule has 2 aromatic carbocycles. The lowest BCUT2D eigenvalue weighted by atomic mass is 9.97. The van der Waals surface area contributed by atoms with Gasteiger partial charge in [-0.25, -0.2) is 13.6 Å². The van der Waals surface area contributed by atoms with Gasteiger partial charge in [-0.3, -0.25) is 4.79 Å². The molecule has 1 fully saturated rings. The van der Waals surface area contributed by atoms with E-state index >= 15 is 0 Å². The number of carboxylic acid groups (broad SMARTS) is 1. The molecule has 1 aliphatic rings. The molecule has 3 rings (SSSR count). The summed E-state index contributed by atoms with van der Waals surface area (Å²) in [6.07, 6.45) is 0.797. The lowest BCUT2D eigenvalue weighted by Crippen LogP contribution is -2.42. The van der Waals surface area contributed by atoms with Crippen LogP contribution in [0.1, 0.15) is 12.8 Å². The van der Waals surface area contributed by atoms with Crippen LogP contribution in [-0.2, 0) is 4.79 Å². The molecule has 7 heteroatoms. The van der Waals surface area contributed by atoms with Gasteiger partial charge in [0, 0.05) is 24.3 Å². The molecule has 5 nitrogen and oxygen atoms in total. The van der Waals surface area contributed by atoms with Crippen LogP contribution in [0.3, 0.4) is 0 Å². The van der Waals surface area contributed by atoms with Gasteiger partial charge >= 0.3 is 12.0 Å². The summed E-state index contributed by atoms with van der Waals surface area (Å²) < 4.78 is 27.6. The maximum Gasteiger partial charge on any atom is 0.321 e. The molecule has 0 atom stereocenters. The van der Waals surface area contributed by atoms with Crippen LogP contribution in [0.25, 0.3) is 11.1 Å². The summed E-state index contributed by atoms with van der Waals surface area (Å²) in [5.74, 6) is -2.30. The fraction of sp³-hybridized carbons (Fsp3) is 0.263. The number of carbonyl (C=O) groups is 2. The first kappa shape index (κ1) is 17.8. The first-order chi connectivity index (χ1) is 12.4. The number of amides is 2. The van der Waals surface area contributed by atoms with E-state index in [1.54, 1.807) is 12.1 Å². The van der Waals surface area contributed by atoms with Crippen molar-refractivity contribution in [3.63, 3.8) is 0 Å². The third-order valence-corrected chi connectivity index (χ3v) is 4.49. The van der Waals surface area contributed by atoms with Crippen LogP contribution in [-0.4, -0.2) is 35.1 Å². The van der Waals surface area contributed by atoms with Crippen molar-refractivity contribution in [2.24, 2.45) is 5.92 Å². The number of nitrogens with zero attached hydrogens (tertiary/aromatic N) is 1. The molecule has 1 heterocycles. The Morgan fingerprint density at radius 2 is 1.81 bits per heavy atom. The van der Waals surface area contributed by atoms with Crippen molar-refractivity contribution in [3.8, 4) is 11.1 Å². The van der Waals surface area contributed by atoms with E-state index in [9.17, 15) is 18.4 Å². The molecule has 2 amide bonds. The highest BCUT2D eigenvalue weighted by Gasteiger charge is 2.27. The molecule has 0 aliphatic carbocycles. The molecule has 0 spiro atoms. The standard InChI is InChI=1S/C19H18F2N2O3/c20-14-3-1-2-13(10-14)16-5-4-15(11-17(16)21)22-19(26)23-8-6-12(7-9-23)18(24)25/h1-5,10-12H,6-9H2,(H,22,26)(H,24,25). The zero-order valence-corrected chi connectivity index (χ0v) is 13.9. The van der Waals surface area contributed by atoms with Gasteiger partial charge in [-0.1, -0.05) is 12.1 Å². The summed E-state index contributed by atoms with van der Waals surface area (Å²) in [6, 6.07) is 9.44. The Kier molecular flexibility index (Phi) is 5.16. The molecule has 26 heavy (non-hydrogen) atoms. The highest BCUT2D eigenvalue weighted by atomic mass is 19.1. The number of carbonyl (C=O) groups excluding carboxylic acids is 1. The van der Waals surface area contributed by atoms with Crippen LogP contribution < -0.4 is 5.32 Å². The van der Waals surface area contributed by atoms with E-state index < -0.39 is 29.6 Å². The Balaban J connectivity index is 1.66. The van der Waals surface area contributed by atoms with Crippen LogP contribution in [0.4, 0.5) is 19.3 Å². The largest absolute Gasteiger partial charge is 0.481 e. The van der Waals surface area contributed by atoms with E-state index in [4.69, 9.17) is 5.11 Å². The average molecular weight is 360 g/mol. The van der Waals surface area contributed by atoms with Crippen molar-refractivity contribution in [2.75, 3.05) is 18.4 Å². The number of likely N-dealkylation sites (tertiary alicyclic amines) is 1. The van der Waals surface area contributed by atoms with Gasteiger partial charge in [-0.15, -0.1) is 0 Å². The number of anilines is 1. The van der Waals surface area contributed by atoms with Gasteiger partial charge in [-0.2, -0.15) is 0 Å². The Morgan fingerprint density at radius 3 is 2.42 bits per heavy atom. The van der Waals surface area contributed by atoms with E-state index in [2.05, 4.69) is 5.32 Å². The molecule has 0 radical (unpaired) electrons. The molecule has 0 bridgehead atoms. The Bertz CT molecular complexity index is 833. The van der Waals surface area contributed by atoms with Crippen LogP contribution in [0.5, 0.6) is 0 Å². The topological polar surface area (TPSA) is 69.6 Å². The minimum absolute atomic E-state index is 0.241. The van der Waals surface area contributed by atoms with Gasteiger partial charge in [0.1, 0.15) is 11.6 Å². The maximum atomic E-state index is 14.3. The molecule has 2 N–H and O–H groups in total. The molecule has 2 aromatic rings. The van der Waals surface area contributed by atoms with Crippen molar-refractivity contribution in [1.82, 2.24) is 4.90 Å². The van der Waals surface area contributed by atoms with Crippen LogP contribution in [0.15, 0.2) is 42.5 Å². The van der Waals surface area contributed by atoms with Crippen molar-refractivity contribution < 1.29 is 23.5 Å². The summed E-state index contributed by atoms with van der Waals surface area (Å²) in [4.78, 5) is 24.7. The number of hydrogen-bond donors (Lipinski definition) is 2. The lowest BCUT2D eigenvalue weighted by molar-refractivity contribution is -0.143. The van der Waals surface area contributed by atoms with Gasteiger partial charge in [-0.05, 0) is 48.7 Å². The Morgan fingerprint density at radius 1 is 1.08 bits per heavy atom.